The number of benzene rings is 3. The summed E-state index contributed by atoms with van der Waals surface area (Å²) < 4.78 is 14.9. The van der Waals surface area contributed by atoms with Gasteiger partial charge in [0.15, 0.2) is 11.5 Å². The van der Waals surface area contributed by atoms with Gasteiger partial charge in [-0.1, -0.05) is 55.7 Å². The molecule has 7 nitrogen and oxygen atoms in total. The molecule has 1 aliphatic heterocycles. The van der Waals surface area contributed by atoms with Crippen LogP contribution in [0.25, 0.3) is 21.8 Å². The minimum absolute atomic E-state index is 0.112. The number of aromatic nitrogens is 3. The molecule has 0 atom stereocenters. The van der Waals surface area contributed by atoms with Crippen molar-refractivity contribution in [2.24, 2.45) is 5.10 Å². The van der Waals surface area contributed by atoms with Crippen LogP contribution in [0.5, 0.6) is 11.5 Å². The zero-order chi connectivity index (χ0) is 26.3. The largest absolute Gasteiger partial charge is 0.454 e. The Morgan fingerprint density at radius 3 is 2.59 bits per heavy atom. The molecule has 39 heavy (non-hydrogen) atoms. The second-order valence-electron chi connectivity index (χ2n) is 10.5. The zero-order valence-electron chi connectivity index (χ0n) is 22.0. The van der Waals surface area contributed by atoms with Crippen LogP contribution in [0.2, 0.25) is 0 Å². The number of rotatable bonds is 5. The number of fused-ring (bicyclic) bond motifs is 3. The molecular formula is C32H30N4O3. The van der Waals surface area contributed by atoms with E-state index in [9.17, 15) is 4.79 Å². The minimum Gasteiger partial charge on any atom is -0.454 e. The van der Waals surface area contributed by atoms with Crippen LogP contribution in [0.1, 0.15) is 60.7 Å². The van der Waals surface area contributed by atoms with E-state index >= 15 is 0 Å². The number of hydrogen-bond donors (Lipinski definition) is 0. The molecule has 5 aromatic rings. The normalized spacial score (nSPS) is 15.6. The molecule has 1 saturated carbocycles. The first-order valence-electron chi connectivity index (χ1n) is 13.7. The summed E-state index contributed by atoms with van der Waals surface area (Å²) in [6, 6.07) is 22.0. The summed E-state index contributed by atoms with van der Waals surface area (Å²) in [6.45, 7) is 3.05. The maximum atomic E-state index is 13.7. The topological polar surface area (TPSA) is 70.6 Å². The highest BCUT2D eigenvalue weighted by molar-refractivity contribution is 6.01. The molecule has 0 spiro atoms. The predicted octanol–water partition coefficient (Wildman–Crippen LogP) is 6.37. The van der Waals surface area contributed by atoms with E-state index in [2.05, 4.69) is 35.8 Å². The number of para-hydroxylation sites is 2. The Labute approximate surface area is 226 Å². The van der Waals surface area contributed by atoms with E-state index in [4.69, 9.17) is 19.6 Å². The van der Waals surface area contributed by atoms with Gasteiger partial charge in [0.05, 0.1) is 17.1 Å². The van der Waals surface area contributed by atoms with Crippen LogP contribution in [0.4, 0.5) is 0 Å². The summed E-state index contributed by atoms with van der Waals surface area (Å²) in [4.78, 5) is 18.7. The first-order valence-corrected chi connectivity index (χ1v) is 13.7. The van der Waals surface area contributed by atoms with E-state index in [-0.39, 0.29) is 18.3 Å². The molecular weight excluding hydrogens is 488 g/mol. The summed E-state index contributed by atoms with van der Waals surface area (Å²) in [5, 5.41) is 6.54. The van der Waals surface area contributed by atoms with Crippen molar-refractivity contribution in [1.29, 1.82) is 0 Å². The van der Waals surface area contributed by atoms with E-state index in [0.717, 1.165) is 76.2 Å². The molecule has 0 amide bonds. The van der Waals surface area contributed by atoms with Crippen LogP contribution in [0.15, 0.2) is 76.6 Å². The molecule has 1 fully saturated rings. The van der Waals surface area contributed by atoms with E-state index < -0.39 is 0 Å². The molecule has 0 saturated heterocycles. The Kier molecular flexibility index (Phi) is 5.91. The average molecular weight is 519 g/mol. The highest BCUT2D eigenvalue weighted by Gasteiger charge is 2.23. The van der Waals surface area contributed by atoms with Crippen molar-refractivity contribution in [1.82, 2.24) is 14.2 Å². The van der Waals surface area contributed by atoms with Gasteiger partial charge in [-0.15, -0.1) is 0 Å². The molecule has 2 aliphatic rings. The Balaban J connectivity index is 1.33. The third-order valence-corrected chi connectivity index (χ3v) is 8.11. The van der Waals surface area contributed by atoms with Crippen molar-refractivity contribution in [2.75, 3.05) is 6.79 Å². The third-order valence-electron chi connectivity index (χ3n) is 8.11. The SMILES string of the molecule is Cc1c(C=Nn2c(C3CCCCC3)nc3ccccc3c2=O)c2ccccc2n1Cc1ccc2c(c1)OCO2. The molecule has 2 aromatic heterocycles. The molecule has 7 rings (SSSR count). The van der Waals surface area contributed by atoms with E-state index in [1.165, 1.54) is 6.42 Å². The molecule has 196 valence electrons. The maximum absolute atomic E-state index is 13.7. The molecule has 0 unspecified atom stereocenters. The van der Waals surface area contributed by atoms with Crippen LogP contribution in [-0.4, -0.2) is 27.2 Å². The van der Waals surface area contributed by atoms with Gasteiger partial charge >= 0.3 is 0 Å². The van der Waals surface area contributed by atoms with Crippen molar-refractivity contribution < 1.29 is 9.47 Å². The van der Waals surface area contributed by atoms with Crippen molar-refractivity contribution >= 4 is 28.0 Å². The molecule has 7 heteroatoms. The molecule has 3 heterocycles. The summed E-state index contributed by atoms with van der Waals surface area (Å²) in [7, 11) is 0. The lowest BCUT2D eigenvalue weighted by Gasteiger charge is -2.22. The second kappa shape index (κ2) is 9.73. The fourth-order valence-corrected chi connectivity index (χ4v) is 6.04. The Morgan fingerprint density at radius 1 is 0.949 bits per heavy atom. The first kappa shape index (κ1) is 23.7. The predicted molar refractivity (Wildman–Crippen MR) is 153 cm³/mol. The molecule has 3 aromatic carbocycles. The minimum atomic E-state index is -0.112. The monoisotopic (exact) mass is 518 g/mol. The van der Waals surface area contributed by atoms with E-state index in [0.29, 0.717) is 11.9 Å². The third kappa shape index (κ3) is 4.18. The lowest BCUT2D eigenvalue weighted by Crippen LogP contribution is -2.25. The molecule has 0 N–H and O–H groups in total. The van der Waals surface area contributed by atoms with Crippen molar-refractivity contribution in [3.63, 3.8) is 0 Å². The molecule has 0 radical (unpaired) electrons. The van der Waals surface area contributed by atoms with Crippen LogP contribution < -0.4 is 15.0 Å². The van der Waals surface area contributed by atoms with E-state index in [1.807, 2.05) is 48.7 Å². The zero-order valence-corrected chi connectivity index (χ0v) is 22.0. The van der Waals surface area contributed by atoms with Crippen molar-refractivity contribution in [3.8, 4) is 11.5 Å². The van der Waals surface area contributed by atoms with Gasteiger partial charge in [-0.3, -0.25) is 4.79 Å². The van der Waals surface area contributed by atoms with Gasteiger partial charge in [0, 0.05) is 34.6 Å². The number of ether oxygens (including phenoxy) is 2. The van der Waals surface area contributed by atoms with Gasteiger partial charge in [-0.2, -0.15) is 9.78 Å². The second-order valence-corrected chi connectivity index (χ2v) is 10.5. The maximum Gasteiger partial charge on any atom is 0.282 e. The number of nitrogens with zero attached hydrogens (tertiary/aromatic N) is 4. The standard InChI is InChI=1S/C32H30N4O3/c1-21-26(24-11-6-8-14-28(24)35(21)19-22-15-16-29-30(17-22)39-20-38-29)18-33-36-31(23-9-3-2-4-10-23)34-27-13-7-5-12-25(27)32(36)37/h5-8,11-18,23H,2-4,9-10,19-20H2,1H3. The summed E-state index contributed by atoms with van der Waals surface area (Å²) in [6.07, 6.45) is 7.47. The van der Waals surface area contributed by atoms with Crippen LogP contribution >= 0.6 is 0 Å². The highest BCUT2D eigenvalue weighted by atomic mass is 16.7. The van der Waals surface area contributed by atoms with Gasteiger partial charge in [-0.05, 0) is 55.7 Å². The summed E-state index contributed by atoms with van der Waals surface area (Å²) in [5.74, 6) is 2.57. The average Bonchev–Trinajstić information content (AvgIpc) is 3.55. The van der Waals surface area contributed by atoms with Gasteiger partial charge in [0.1, 0.15) is 5.82 Å². The van der Waals surface area contributed by atoms with Crippen molar-refractivity contribution in [2.45, 2.75) is 51.5 Å². The first-order chi connectivity index (χ1) is 19.2. The number of hydrogen-bond acceptors (Lipinski definition) is 5. The highest BCUT2D eigenvalue weighted by Crippen LogP contribution is 2.34. The van der Waals surface area contributed by atoms with Crippen molar-refractivity contribution in [3.05, 3.63) is 99.7 Å². The lowest BCUT2D eigenvalue weighted by molar-refractivity contribution is 0.174. The fourth-order valence-electron chi connectivity index (χ4n) is 6.04. The van der Waals surface area contributed by atoms with Gasteiger partial charge < -0.3 is 14.0 Å². The quantitative estimate of drug-likeness (QED) is 0.254. The Morgan fingerprint density at radius 2 is 1.72 bits per heavy atom. The lowest BCUT2D eigenvalue weighted by atomic mass is 9.88. The molecule has 0 bridgehead atoms. The molecule has 1 aliphatic carbocycles. The van der Waals surface area contributed by atoms with E-state index in [1.54, 1.807) is 4.68 Å². The van der Waals surface area contributed by atoms with Crippen LogP contribution in [0, 0.1) is 6.92 Å². The smallest absolute Gasteiger partial charge is 0.282 e. The van der Waals surface area contributed by atoms with Crippen LogP contribution in [0.3, 0.4) is 0 Å². The summed E-state index contributed by atoms with van der Waals surface area (Å²) >= 11 is 0. The van der Waals surface area contributed by atoms with Gasteiger partial charge in [0.2, 0.25) is 6.79 Å². The van der Waals surface area contributed by atoms with Crippen LogP contribution in [-0.2, 0) is 6.54 Å². The van der Waals surface area contributed by atoms with Gasteiger partial charge in [0.25, 0.3) is 5.56 Å². The Hall–Kier alpha value is -4.39. The van der Waals surface area contributed by atoms with Gasteiger partial charge in [-0.25, -0.2) is 4.98 Å². The fraction of sp³-hybridized carbons (Fsp3) is 0.281. The summed E-state index contributed by atoms with van der Waals surface area (Å²) in [5.41, 5.74) is 4.96. The Bertz CT molecular complexity index is 1790.